The van der Waals surface area contributed by atoms with Crippen molar-refractivity contribution in [2.45, 2.75) is 46.4 Å². The highest BCUT2D eigenvalue weighted by atomic mass is 35.5. The van der Waals surface area contributed by atoms with Crippen LogP contribution in [0.5, 0.6) is 11.5 Å². The van der Waals surface area contributed by atoms with E-state index < -0.39 is 11.9 Å². The first-order valence-electron chi connectivity index (χ1n) is 13.3. The Morgan fingerprint density at radius 3 is 2.48 bits per heavy atom. The predicted molar refractivity (Wildman–Crippen MR) is 161 cm³/mol. The fourth-order valence-electron chi connectivity index (χ4n) is 3.87. The molecule has 0 heterocycles. The maximum absolute atomic E-state index is 13.3. The van der Waals surface area contributed by atoms with E-state index in [0.29, 0.717) is 51.0 Å². The summed E-state index contributed by atoms with van der Waals surface area (Å²) < 4.78 is 16.9. The Hall–Kier alpha value is -4.48. The summed E-state index contributed by atoms with van der Waals surface area (Å²) in [7, 11) is 0. The number of nitrogens with two attached hydrogens (primary N) is 1. The topological polar surface area (TPSA) is 165 Å². The lowest BCUT2D eigenvalue weighted by molar-refractivity contribution is -0.146. The van der Waals surface area contributed by atoms with E-state index in [4.69, 9.17) is 36.8 Å². The molecule has 0 saturated carbocycles. The van der Waals surface area contributed by atoms with Crippen molar-refractivity contribution in [1.82, 2.24) is 0 Å². The Balaban J connectivity index is 1.87. The first-order chi connectivity index (χ1) is 20.1. The molecule has 3 rings (SSSR count). The van der Waals surface area contributed by atoms with Crippen LogP contribution in [0, 0.1) is 0 Å². The van der Waals surface area contributed by atoms with Crippen molar-refractivity contribution in [3.8, 4) is 11.5 Å². The number of rotatable bonds is 14. The van der Waals surface area contributed by atoms with Crippen LogP contribution in [0.3, 0.4) is 0 Å². The van der Waals surface area contributed by atoms with Gasteiger partial charge in [0.15, 0.2) is 23.9 Å². The van der Waals surface area contributed by atoms with Gasteiger partial charge in [0, 0.05) is 34.1 Å². The van der Waals surface area contributed by atoms with Crippen molar-refractivity contribution in [2.75, 3.05) is 23.8 Å². The molecule has 0 spiro atoms. The third-order valence-corrected chi connectivity index (χ3v) is 6.02. The predicted octanol–water partition coefficient (Wildman–Crippen LogP) is 4.91. The number of ether oxygens (including phenoxy) is 3. The lowest BCUT2D eigenvalue weighted by Crippen LogP contribution is -2.18. The number of carbonyl (C=O) groups excluding carboxylic acids is 2. The highest BCUT2D eigenvalue weighted by Crippen LogP contribution is 2.35. The molecule has 0 saturated heterocycles. The molecule has 3 aromatic carbocycles. The van der Waals surface area contributed by atoms with E-state index in [1.165, 1.54) is 6.07 Å². The molecule has 42 heavy (non-hydrogen) atoms. The lowest BCUT2D eigenvalue weighted by Gasteiger charge is -2.20. The molecule has 6 N–H and O–H groups in total. The largest absolute Gasteiger partial charge is 0.487 e. The number of benzene rings is 3. The zero-order valence-corrected chi connectivity index (χ0v) is 24.4. The highest BCUT2D eigenvalue weighted by Gasteiger charge is 2.19. The second-order valence-electron chi connectivity index (χ2n) is 9.48. The van der Waals surface area contributed by atoms with Crippen LogP contribution >= 0.6 is 11.6 Å². The van der Waals surface area contributed by atoms with E-state index in [-0.39, 0.29) is 43.9 Å². The van der Waals surface area contributed by atoms with Crippen molar-refractivity contribution >= 4 is 40.7 Å². The summed E-state index contributed by atoms with van der Waals surface area (Å²) in [5, 5.41) is 28.1. The first kappa shape index (κ1) is 32.0. The number of amides is 1. The number of amidine groups is 1. The van der Waals surface area contributed by atoms with Crippen molar-refractivity contribution < 1.29 is 34.1 Å². The summed E-state index contributed by atoms with van der Waals surface area (Å²) in [6.45, 7) is 5.46. The van der Waals surface area contributed by atoms with Gasteiger partial charge in [0.05, 0.1) is 24.9 Å². The number of anilines is 2. The van der Waals surface area contributed by atoms with Gasteiger partial charge in [-0.3, -0.25) is 4.79 Å². The van der Waals surface area contributed by atoms with E-state index in [9.17, 15) is 14.7 Å². The Bertz CT molecular complexity index is 1410. The molecule has 0 fully saturated rings. The SMILES string of the molecule is CCCOC(=O)COc1c(CNc2ccc(Cl)cc2C(=O)Nc2ccc(/C(N)=N/O)cc2)cc(CO)cc1OC(C)C. The number of carbonyl (C=O) groups is 2. The van der Waals surface area contributed by atoms with Crippen molar-refractivity contribution in [2.24, 2.45) is 10.9 Å². The lowest BCUT2D eigenvalue weighted by atomic mass is 10.1. The number of esters is 1. The van der Waals surface area contributed by atoms with E-state index in [2.05, 4.69) is 15.8 Å². The molecule has 11 nitrogen and oxygen atoms in total. The van der Waals surface area contributed by atoms with Crippen molar-refractivity contribution in [1.29, 1.82) is 0 Å². The molecular formula is C30H35ClN4O7. The molecule has 1 amide bonds. The van der Waals surface area contributed by atoms with E-state index in [1.807, 2.05) is 20.8 Å². The second-order valence-corrected chi connectivity index (χ2v) is 9.91. The second kappa shape index (κ2) is 15.5. The van der Waals surface area contributed by atoms with Gasteiger partial charge in [0.1, 0.15) is 0 Å². The Kier molecular flexibility index (Phi) is 11.8. The number of nitrogens with one attached hydrogen (secondary N) is 2. The monoisotopic (exact) mass is 598 g/mol. The average molecular weight is 599 g/mol. The first-order valence-corrected chi connectivity index (χ1v) is 13.7. The zero-order valence-electron chi connectivity index (χ0n) is 23.6. The number of aliphatic hydroxyl groups is 1. The molecule has 224 valence electrons. The minimum Gasteiger partial charge on any atom is -0.487 e. The Labute approximate surface area is 249 Å². The standard InChI is InChI=1S/C30H35ClN4O7/c1-4-11-40-27(37)17-41-28-21(12-19(16-36)13-26(28)42-18(2)3)15-33-25-10-7-22(31)14-24(25)30(38)34-23-8-5-20(6-9-23)29(32)35-39/h5-10,12-14,18,33,36,39H,4,11,15-17H2,1-3H3,(H2,32,35)(H,34,38). The number of halogens is 1. The maximum atomic E-state index is 13.3. The zero-order chi connectivity index (χ0) is 30.6. The third-order valence-electron chi connectivity index (χ3n) is 5.78. The number of nitrogens with zero attached hydrogens (tertiary/aromatic N) is 1. The van der Waals surface area contributed by atoms with Crippen LogP contribution in [0.1, 0.15) is 54.2 Å². The summed E-state index contributed by atoms with van der Waals surface area (Å²) in [5.74, 6) is -0.329. The van der Waals surface area contributed by atoms with Gasteiger partial charge in [-0.05, 0) is 80.4 Å². The molecule has 0 radical (unpaired) electrons. The Morgan fingerprint density at radius 2 is 1.83 bits per heavy atom. The fraction of sp³-hybridized carbons (Fsp3) is 0.300. The van der Waals surface area contributed by atoms with Crippen molar-refractivity contribution in [3.05, 3.63) is 81.9 Å². The summed E-state index contributed by atoms with van der Waals surface area (Å²) in [5.41, 5.74) is 8.48. The quantitative estimate of drug-likeness (QED) is 0.0570. The molecule has 0 atom stereocenters. The highest BCUT2D eigenvalue weighted by molar-refractivity contribution is 6.31. The van der Waals surface area contributed by atoms with E-state index in [0.717, 1.165) is 0 Å². The summed E-state index contributed by atoms with van der Waals surface area (Å²) in [6.07, 6.45) is 0.477. The molecule has 0 aliphatic rings. The molecule has 12 heteroatoms. The molecule has 0 aliphatic heterocycles. The third kappa shape index (κ3) is 9.02. The normalized spacial score (nSPS) is 11.2. The number of hydrogen-bond donors (Lipinski definition) is 5. The fourth-order valence-corrected chi connectivity index (χ4v) is 4.04. The van der Waals surface area contributed by atoms with Gasteiger partial charge in [-0.2, -0.15) is 0 Å². The van der Waals surface area contributed by atoms with Gasteiger partial charge in [0.2, 0.25) is 0 Å². The molecule has 0 unspecified atom stereocenters. The van der Waals surface area contributed by atoms with E-state index >= 15 is 0 Å². The van der Waals surface area contributed by atoms with Gasteiger partial charge in [-0.1, -0.05) is 23.7 Å². The van der Waals surface area contributed by atoms with Crippen LogP contribution in [0.15, 0.2) is 59.8 Å². The summed E-state index contributed by atoms with van der Waals surface area (Å²) in [4.78, 5) is 25.4. The van der Waals surface area contributed by atoms with Crippen molar-refractivity contribution in [3.63, 3.8) is 0 Å². The summed E-state index contributed by atoms with van der Waals surface area (Å²) in [6, 6.07) is 14.7. The summed E-state index contributed by atoms with van der Waals surface area (Å²) >= 11 is 6.23. The average Bonchev–Trinajstić information content (AvgIpc) is 2.98. The molecular weight excluding hydrogens is 564 g/mol. The van der Waals surface area contributed by atoms with Gasteiger partial charge < -0.3 is 40.9 Å². The van der Waals surface area contributed by atoms with Crippen LogP contribution in [-0.2, 0) is 22.7 Å². The van der Waals surface area contributed by atoms with E-state index in [1.54, 1.807) is 48.5 Å². The van der Waals surface area contributed by atoms with Crippen LogP contribution < -0.4 is 25.8 Å². The van der Waals surface area contributed by atoms with Gasteiger partial charge in [0.25, 0.3) is 5.91 Å². The van der Waals surface area contributed by atoms with Gasteiger partial charge >= 0.3 is 5.97 Å². The number of aliphatic hydroxyl groups excluding tert-OH is 1. The van der Waals surface area contributed by atoms with Crippen LogP contribution in [0.4, 0.5) is 11.4 Å². The van der Waals surface area contributed by atoms with Gasteiger partial charge in [-0.15, -0.1) is 0 Å². The number of hydrogen-bond acceptors (Lipinski definition) is 9. The molecule has 0 aliphatic carbocycles. The smallest absolute Gasteiger partial charge is 0.344 e. The number of oxime groups is 1. The minimum atomic E-state index is -0.520. The molecule has 0 aromatic heterocycles. The van der Waals surface area contributed by atoms with Crippen LogP contribution in [-0.4, -0.2) is 47.3 Å². The maximum Gasteiger partial charge on any atom is 0.344 e. The van der Waals surface area contributed by atoms with Gasteiger partial charge in [-0.25, -0.2) is 4.79 Å². The van der Waals surface area contributed by atoms with Crippen LogP contribution in [0.2, 0.25) is 5.02 Å². The van der Waals surface area contributed by atoms with Crippen LogP contribution in [0.25, 0.3) is 0 Å². The molecule has 3 aromatic rings. The Morgan fingerprint density at radius 1 is 1.10 bits per heavy atom. The minimum absolute atomic E-state index is 0.0531. The molecule has 0 bridgehead atoms.